The lowest BCUT2D eigenvalue weighted by atomic mass is 10.1. The zero-order valence-corrected chi connectivity index (χ0v) is 12.9. The Morgan fingerprint density at radius 3 is 2.81 bits per heavy atom. The van der Waals surface area contributed by atoms with Crippen molar-refractivity contribution in [2.45, 2.75) is 26.0 Å². The van der Waals surface area contributed by atoms with Crippen molar-refractivity contribution in [1.82, 2.24) is 15.6 Å². The molecule has 0 radical (unpaired) electrons. The van der Waals surface area contributed by atoms with Gasteiger partial charge in [0.15, 0.2) is 0 Å². The van der Waals surface area contributed by atoms with Crippen LogP contribution in [0.2, 0.25) is 0 Å². The van der Waals surface area contributed by atoms with Gasteiger partial charge in [0.1, 0.15) is 5.60 Å². The lowest BCUT2D eigenvalue weighted by Gasteiger charge is -2.22. The Balaban J connectivity index is 1.78. The quantitative estimate of drug-likeness (QED) is 0.792. The highest BCUT2D eigenvalue weighted by molar-refractivity contribution is 7.10. The smallest absolute Gasteiger partial charge is 0.315 e. The van der Waals surface area contributed by atoms with E-state index in [1.54, 1.807) is 13.1 Å². The minimum atomic E-state index is -1.06. The Morgan fingerprint density at radius 2 is 2.19 bits per heavy atom. The molecule has 0 aliphatic carbocycles. The molecule has 0 aliphatic rings. The van der Waals surface area contributed by atoms with Gasteiger partial charge in [-0.25, -0.2) is 4.79 Å². The second-order valence-corrected chi connectivity index (χ2v) is 6.04. The normalized spacial score (nSPS) is 13.5. The Labute approximate surface area is 128 Å². The molecule has 0 fully saturated rings. The number of pyridine rings is 1. The summed E-state index contributed by atoms with van der Waals surface area (Å²) in [5.41, 5.74) is 0.813. The number of carbonyl (C=O) groups excluding carboxylic acids is 1. The number of rotatable bonds is 5. The Hall–Kier alpha value is -1.92. The third-order valence-corrected chi connectivity index (χ3v) is 4.19. The van der Waals surface area contributed by atoms with E-state index in [0.717, 1.165) is 16.1 Å². The van der Waals surface area contributed by atoms with Crippen molar-refractivity contribution in [3.05, 3.63) is 52.0 Å². The number of urea groups is 1. The molecular formula is C15H19N3O2S. The summed E-state index contributed by atoms with van der Waals surface area (Å²) < 4.78 is 0. The summed E-state index contributed by atoms with van der Waals surface area (Å²) in [6.45, 7) is 4.16. The molecule has 3 N–H and O–H groups in total. The third-order valence-electron chi connectivity index (χ3n) is 3.07. The van der Waals surface area contributed by atoms with E-state index in [9.17, 15) is 9.90 Å². The largest absolute Gasteiger partial charge is 0.383 e. The van der Waals surface area contributed by atoms with Crippen LogP contribution in [0.5, 0.6) is 0 Å². The molecule has 6 heteroatoms. The molecular weight excluding hydrogens is 286 g/mol. The molecule has 5 nitrogen and oxygen atoms in total. The standard InChI is InChI=1S/C15H19N3O2S/c1-11-5-6-12(8-16-11)9-17-14(19)18-10-15(2,20)13-4-3-7-21-13/h3-8,20H,9-10H2,1-2H3,(H2,17,18,19). The minimum Gasteiger partial charge on any atom is -0.383 e. The monoisotopic (exact) mass is 305 g/mol. The highest BCUT2D eigenvalue weighted by Crippen LogP contribution is 2.24. The third kappa shape index (κ3) is 4.54. The first kappa shape index (κ1) is 15.5. The SMILES string of the molecule is Cc1ccc(CNC(=O)NCC(C)(O)c2cccs2)cn1. The van der Waals surface area contributed by atoms with Crippen molar-refractivity contribution in [2.24, 2.45) is 0 Å². The van der Waals surface area contributed by atoms with Crippen LogP contribution < -0.4 is 10.6 Å². The minimum absolute atomic E-state index is 0.158. The molecule has 0 spiro atoms. The van der Waals surface area contributed by atoms with Gasteiger partial charge < -0.3 is 15.7 Å². The summed E-state index contributed by atoms with van der Waals surface area (Å²) in [5, 5.41) is 17.6. The van der Waals surface area contributed by atoms with E-state index in [4.69, 9.17) is 0 Å². The fraction of sp³-hybridized carbons (Fsp3) is 0.333. The van der Waals surface area contributed by atoms with Gasteiger partial charge in [0.2, 0.25) is 0 Å². The molecule has 0 aliphatic heterocycles. The Kier molecular flexibility index (Phi) is 4.93. The van der Waals surface area contributed by atoms with Gasteiger partial charge in [-0.2, -0.15) is 0 Å². The summed E-state index contributed by atoms with van der Waals surface area (Å²) >= 11 is 1.46. The second kappa shape index (κ2) is 6.69. The molecule has 0 bridgehead atoms. The van der Waals surface area contributed by atoms with Crippen molar-refractivity contribution in [3.8, 4) is 0 Å². The summed E-state index contributed by atoms with van der Waals surface area (Å²) in [6, 6.07) is 7.23. The van der Waals surface area contributed by atoms with Crippen LogP contribution in [0.3, 0.4) is 0 Å². The fourth-order valence-corrected chi connectivity index (χ4v) is 2.56. The molecule has 1 unspecified atom stereocenters. The second-order valence-electron chi connectivity index (χ2n) is 5.10. The fourth-order valence-electron chi connectivity index (χ4n) is 1.77. The van der Waals surface area contributed by atoms with Gasteiger partial charge in [-0.05, 0) is 36.9 Å². The van der Waals surface area contributed by atoms with Crippen LogP contribution in [0.1, 0.15) is 23.1 Å². The van der Waals surface area contributed by atoms with Crippen LogP contribution in [0.4, 0.5) is 4.79 Å². The van der Waals surface area contributed by atoms with E-state index in [1.165, 1.54) is 11.3 Å². The van der Waals surface area contributed by atoms with Gasteiger partial charge in [0, 0.05) is 23.3 Å². The number of amides is 2. The number of hydrogen-bond donors (Lipinski definition) is 3. The molecule has 2 heterocycles. The van der Waals surface area contributed by atoms with E-state index in [0.29, 0.717) is 6.54 Å². The van der Waals surface area contributed by atoms with E-state index < -0.39 is 5.60 Å². The Bertz CT molecular complexity index is 579. The van der Waals surface area contributed by atoms with E-state index >= 15 is 0 Å². The highest BCUT2D eigenvalue weighted by Gasteiger charge is 2.24. The van der Waals surface area contributed by atoms with Crippen molar-refractivity contribution in [1.29, 1.82) is 0 Å². The molecule has 0 saturated heterocycles. The molecule has 0 saturated carbocycles. The van der Waals surface area contributed by atoms with Gasteiger partial charge in [0.25, 0.3) is 0 Å². The summed E-state index contributed by atoms with van der Waals surface area (Å²) in [6.07, 6.45) is 1.73. The maximum atomic E-state index is 11.7. The van der Waals surface area contributed by atoms with Crippen molar-refractivity contribution in [2.75, 3.05) is 6.54 Å². The number of hydrogen-bond acceptors (Lipinski definition) is 4. The number of aryl methyl sites for hydroxylation is 1. The molecule has 2 aromatic heterocycles. The highest BCUT2D eigenvalue weighted by atomic mass is 32.1. The van der Waals surface area contributed by atoms with E-state index in [-0.39, 0.29) is 12.6 Å². The van der Waals surface area contributed by atoms with Gasteiger partial charge in [0.05, 0.1) is 6.54 Å². The lowest BCUT2D eigenvalue weighted by molar-refractivity contribution is 0.0631. The summed E-state index contributed by atoms with van der Waals surface area (Å²) in [5.74, 6) is 0. The van der Waals surface area contributed by atoms with Crippen LogP contribution in [0.25, 0.3) is 0 Å². The van der Waals surface area contributed by atoms with Crippen molar-refractivity contribution < 1.29 is 9.90 Å². The van der Waals surface area contributed by atoms with Gasteiger partial charge in [-0.15, -0.1) is 11.3 Å². The first-order chi connectivity index (χ1) is 9.97. The number of nitrogens with one attached hydrogen (secondary N) is 2. The summed E-state index contributed by atoms with van der Waals surface area (Å²) in [7, 11) is 0. The van der Waals surface area contributed by atoms with E-state index in [1.807, 2.05) is 36.6 Å². The van der Waals surface area contributed by atoms with Gasteiger partial charge in [-0.3, -0.25) is 4.98 Å². The van der Waals surface area contributed by atoms with Gasteiger partial charge in [-0.1, -0.05) is 12.1 Å². The zero-order valence-electron chi connectivity index (χ0n) is 12.1. The molecule has 2 amide bonds. The molecule has 1 atom stereocenters. The maximum absolute atomic E-state index is 11.7. The van der Waals surface area contributed by atoms with Crippen LogP contribution >= 0.6 is 11.3 Å². The number of aromatic nitrogens is 1. The number of carbonyl (C=O) groups is 1. The van der Waals surface area contributed by atoms with Crippen LogP contribution in [-0.4, -0.2) is 22.7 Å². The van der Waals surface area contributed by atoms with Crippen molar-refractivity contribution >= 4 is 17.4 Å². The molecule has 2 rings (SSSR count). The van der Waals surface area contributed by atoms with Crippen LogP contribution in [-0.2, 0) is 12.1 Å². The first-order valence-electron chi connectivity index (χ1n) is 6.67. The molecule has 21 heavy (non-hydrogen) atoms. The lowest BCUT2D eigenvalue weighted by Crippen LogP contribution is -2.42. The zero-order chi connectivity index (χ0) is 15.3. The van der Waals surface area contributed by atoms with E-state index in [2.05, 4.69) is 15.6 Å². The Morgan fingerprint density at radius 1 is 1.38 bits per heavy atom. The topological polar surface area (TPSA) is 74.2 Å². The number of aliphatic hydroxyl groups is 1. The number of thiophene rings is 1. The average Bonchev–Trinajstić information content (AvgIpc) is 3.00. The van der Waals surface area contributed by atoms with Crippen LogP contribution in [0, 0.1) is 6.92 Å². The van der Waals surface area contributed by atoms with Gasteiger partial charge >= 0.3 is 6.03 Å². The predicted molar refractivity (Wildman–Crippen MR) is 83.1 cm³/mol. The summed E-state index contributed by atoms with van der Waals surface area (Å²) in [4.78, 5) is 16.7. The maximum Gasteiger partial charge on any atom is 0.315 e. The molecule has 0 aromatic carbocycles. The molecule has 112 valence electrons. The van der Waals surface area contributed by atoms with Crippen LogP contribution in [0.15, 0.2) is 35.8 Å². The molecule has 2 aromatic rings. The first-order valence-corrected chi connectivity index (χ1v) is 7.55. The van der Waals surface area contributed by atoms with Crippen molar-refractivity contribution in [3.63, 3.8) is 0 Å². The average molecular weight is 305 g/mol. The number of nitrogens with zero attached hydrogens (tertiary/aromatic N) is 1. The predicted octanol–water partition coefficient (Wildman–Crippen LogP) is 2.16.